The fourth-order valence-corrected chi connectivity index (χ4v) is 5.44. The van der Waals surface area contributed by atoms with Gasteiger partial charge in [0.1, 0.15) is 11.4 Å². The van der Waals surface area contributed by atoms with Crippen molar-refractivity contribution in [3.05, 3.63) is 88.1 Å². The van der Waals surface area contributed by atoms with E-state index in [9.17, 15) is 18.0 Å². The van der Waals surface area contributed by atoms with Crippen molar-refractivity contribution < 1.29 is 27.4 Å². The maximum Gasteiger partial charge on any atom is 0.417 e. The van der Waals surface area contributed by atoms with Gasteiger partial charge in [-0.15, -0.1) is 11.8 Å². The Kier molecular flexibility index (Phi) is 7.99. The Balaban J connectivity index is 1.64. The van der Waals surface area contributed by atoms with Gasteiger partial charge in [-0.05, 0) is 75.2 Å². The van der Waals surface area contributed by atoms with Crippen LogP contribution in [0.25, 0.3) is 10.9 Å². The normalized spacial score (nSPS) is 12.9. The summed E-state index contributed by atoms with van der Waals surface area (Å²) in [5.41, 5.74) is 1.37. The maximum atomic E-state index is 13.3. The molecule has 0 aliphatic rings. The summed E-state index contributed by atoms with van der Waals surface area (Å²) in [5, 5.41) is 7.48. The summed E-state index contributed by atoms with van der Waals surface area (Å²) in [6, 6.07) is 16.8. The minimum Gasteiger partial charge on any atom is -0.482 e. The highest BCUT2D eigenvalue weighted by atomic mass is 35.5. The Morgan fingerprint density at radius 1 is 1.08 bits per heavy atom. The van der Waals surface area contributed by atoms with Crippen molar-refractivity contribution in [1.29, 1.82) is 0 Å². The predicted octanol–water partition coefficient (Wildman–Crippen LogP) is 8.15. The number of benzene rings is 3. The van der Waals surface area contributed by atoms with Gasteiger partial charge in [0.15, 0.2) is 6.61 Å². The first-order chi connectivity index (χ1) is 17.8. The molecule has 4 rings (SSSR count). The van der Waals surface area contributed by atoms with E-state index >= 15 is 0 Å². The number of hydrogen-bond acceptors (Lipinski definition) is 5. The molecule has 0 radical (unpaired) electrons. The standard InChI is InChI=1S/C28H26ClF3N2O3S/c1-16-13-18(10-12-23(16)36-15-24(35)37-27(2,3)4)38-26(25-19-7-5-6-8-22(19)33-34-25)17-9-11-20(21(29)14-17)28(30,31)32/h5-14,26H,15H2,1-4H3,(H,33,34). The largest absolute Gasteiger partial charge is 0.482 e. The van der Waals surface area contributed by atoms with Crippen LogP contribution in [-0.4, -0.2) is 28.4 Å². The van der Waals surface area contributed by atoms with E-state index < -0.39 is 28.6 Å². The third-order valence-corrected chi connectivity index (χ3v) is 7.10. The number of para-hydroxylation sites is 1. The number of H-pyrrole nitrogens is 1. The highest BCUT2D eigenvalue weighted by molar-refractivity contribution is 7.99. The first kappa shape index (κ1) is 27.9. The van der Waals surface area contributed by atoms with Crippen LogP contribution in [0.15, 0.2) is 65.6 Å². The van der Waals surface area contributed by atoms with Gasteiger partial charge in [-0.2, -0.15) is 18.3 Å². The SMILES string of the molecule is Cc1cc(SC(c2ccc(C(F)(F)F)c(Cl)c2)c2[nH]nc3ccccc23)ccc1OCC(=O)OC(C)(C)C. The number of hydrogen-bond donors (Lipinski definition) is 1. The van der Waals surface area contributed by atoms with Crippen molar-refractivity contribution in [2.24, 2.45) is 0 Å². The van der Waals surface area contributed by atoms with E-state index in [0.717, 1.165) is 33.1 Å². The molecule has 1 aromatic heterocycles. The second-order valence-electron chi connectivity index (χ2n) is 9.69. The fraction of sp³-hybridized carbons (Fsp3) is 0.286. The predicted molar refractivity (Wildman–Crippen MR) is 143 cm³/mol. The van der Waals surface area contributed by atoms with E-state index in [0.29, 0.717) is 11.3 Å². The molecular formula is C28H26ClF3N2O3S. The number of alkyl halides is 3. The summed E-state index contributed by atoms with van der Waals surface area (Å²) < 4.78 is 51.0. The average molecular weight is 563 g/mol. The quantitative estimate of drug-likeness (QED) is 0.182. The monoisotopic (exact) mass is 562 g/mol. The number of aromatic amines is 1. The minimum absolute atomic E-state index is 0.225. The molecule has 1 atom stereocenters. The lowest BCUT2D eigenvalue weighted by Crippen LogP contribution is -2.27. The Morgan fingerprint density at radius 3 is 2.47 bits per heavy atom. The van der Waals surface area contributed by atoms with Gasteiger partial charge in [-0.1, -0.05) is 35.9 Å². The Hall–Kier alpha value is -3.17. The van der Waals surface area contributed by atoms with Crippen molar-refractivity contribution >= 4 is 40.2 Å². The number of halogens is 4. The molecule has 38 heavy (non-hydrogen) atoms. The summed E-state index contributed by atoms with van der Waals surface area (Å²) in [6.45, 7) is 6.98. The molecule has 1 N–H and O–H groups in total. The summed E-state index contributed by atoms with van der Waals surface area (Å²) in [5.74, 6) is 0.0574. The number of carbonyl (C=O) groups excluding carboxylic acids is 1. The van der Waals surface area contributed by atoms with Crippen LogP contribution in [0.2, 0.25) is 5.02 Å². The third kappa shape index (κ3) is 6.63. The zero-order valence-corrected chi connectivity index (χ0v) is 22.7. The zero-order chi connectivity index (χ0) is 27.7. The van der Waals surface area contributed by atoms with E-state index in [4.69, 9.17) is 21.1 Å². The molecule has 0 saturated heterocycles. The zero-order valence-electron chi connectivity index (χ0n) is 21.2. The number of carbonyl (C=O) groups is 1. The lowest BCUT2D eigenvalue weighted by atomic mass is 10.0. The fourth-order valence-electron chi connectivity index (χ4n) is 3.90. The molecule has 0 spiro atoms. The van der Waals surface area contributed by atoms with Gasteiger partial charge in [0.2, 0.25) is 0 Å². The number of ether oxygens (including phenoxy) is 2. The average Bonchev–Trinajstić information content (AvgIpc) is 3.24. The molecule has 0 saturated carbocycles. The van der Waals surface area contributed by atoms with Gasteiger partial charge in [0.05, 0.1) is 27.0 Å². The van der Waals surface area contributed by atoms with Gasteiger partial charge in [0, 0.05) is 10.3 Å². The van der Waals surface area contributed by atoms with E-state index in [-0.39, 0.29) is 11.6 Å². The number of nitrogens with one attached hydrogen (secondary N) is 1. The van der Waals surface area contributed by atoms with Crippen LogP contribution in [0.5, 0.6) is 5.75 Å². The molecule has 4 aromatic rings. The molecule has 5 nitrogen and oxygen atoms in total. The first-order valence-corrected chi connectivity index (χ1v) is 13.0. The molecule has 0 aliphatic carbocycles. The molecule has 0 amide bonds. The number of esters is 1. The lowest BCUT2D eigenvalue weighted by molar-refractivity contribution is -0.157. The van der Waals surface area contributed by atoms with Crippen molar-refractivity contribution in [1.82, 2.24) is 10.2 Å². The van der Waals surface area contributed by atoms with E-state index in [2.05, 4.69) is 10.2 Å². The van der Waals surface area contributed by atoms with Crippen LogP contribution in [0, 0.1) is 6.92 Å². The van der Waals surface area contributed by atoms with E-state index in [1.54, 1.807) is 26.8 Å². The van der Waals surface area contributed by atoms with Crippen molar-refractivity contribution in [3.63, 3.8) is 0 Å². The topological polar surface area (TPSA) is 64.2 Å². The number of rotatable bonds is 7. The summed E-state index contributed by atoms with van der Waals surface area (Å²) >= 11 is 7.51. The van der Waals surface area contributed by atoms with E-state index in [1.807, 2.05) is 43.3 Å². The molecule has 0 aliphatic heterocycles. The van der Waals surface area contributed by atoms with Crippen LogP contribution < -0.4 is 4.74 Å². The number of thioether (sulfide) groups is 1. The van der Waals surface area contributed by atoms with Gasteiger partial charge in [-0.3, -0.25) is 5.10 Å². The first-order valence-electron chi connectivity index (χ1n) is 11.7. The van der Waals surface area contributed by atoms with Crippen LogP contribution in [0.1, 0.15) is 48.4 Å². The Bertz CT molecular complexity index is 1460. The molecule has 1 unspecified atom stereocenters. The smallest absolute Gasteiger partial charge is 0.417 e. The summed E-state index contributed by atoms with van der Waals surface area (Å²) in [7, 11) is 0. The minimum atomic E-state index is -4.55. The Morgan fingerprint density at radius 2 is 1.82 bits per heavy atom. The Labute approximate surface area is 227 Å². The number of aromatic nitrogens is 2. The van der Waals surface area contributed by atoms with E-state index in [1.165, 1.54) is 23.9 Å². The van der Waals surface area contributed by atoms with Crippen molar-refractivity contribution in [3.8, 4) is 5.75 Å². The van der Waals surface area contributed by atoms with Crippen LogP contribution >= 0.6 is 23.4 Å². The third-order valence-electron chi connectivity index (χ3n) is 5.52. The van der Waals surface area contributed by atoms with Gasteiger partial charge in [-0.25, -0.2) is 4.79 Å². The van der Waals surface area contributed by atoms with Gasteiger partial charge < -0.3 is 9.47 Å². The molecule has 3 aromatic carbocycles. The van der Waals surface area contributed by atoms with Crippen LogP contribution in [0.3, 0.4) is 0 Å². The maximum absolute atomic E-state index is 13.3. The highest BCUT2D eigenvalue weighted by Crippen LogP contribution is 2.45. The lowest BCUT2D eigenvalue weighted by Gasteiger charge is -2.20. The molecular weight excluding hydrogens is 537 g/mol. The van der Waals surface area contributed by atoms with Crippen molar-refractivity contribution in [2.75, 3.05) is 6.61 Å². The second-order valence-corrected chi connectivity index (χ2v) is 11.3. The number of aryl methyl sites for hydroxylation is 1. The molecule has 10 heteroatoms. The second kappa shape index (κ2) is 10.9. The van der Waals surface area contributed by atoms with Crippen LogP contribution in [0.4, 0.5) is 13.2 Å². The summed E-state index contributed by atoms with van der Waals surface area (Å²) in [4.78, 5) is 12.9. The number of fused-ring (bicyclic) bond motifs is 1. The van der Waals surface area contributed by atoms with Gasteiger partial charge in [0.25, 0.3) is 0 Å². The molecule has 1 heterocycles. The van der Waals surface area contributed by atoms with Crippen LogP contribution in [-0.2, 0) is 15.7 Å². The molecule has 0 bridgehead atoms. The molecule has 0 fully saturated rings. The summed E-state index contributed by atoms with van der Waals surface area (Å²) in [6.07, 6.45) is -4.55. The van der Waals surface area contributed by atoms with Crippen molar-refractivity contribution in [2.45, 2.75) is 49.6 Å². The highest BCUT2D eigenvalue weighted by Gasteiger charge is 2.34. The number of nitrogens with zero attached hydrogens (tertiary/aromatic N) is 1. The van der Waals surface area contributed by atoms with Gasteiger partial charge >= 0.3 is 12.1 Å². The molecule has 200 valence electrons.